The number of carbonyl (C=O) groups is 3. The fourth-order valence-electron chi connectivity index (χ4n) is 3.85. The zero-order valence-electron chi connectivity index (χ0n) is 16.2. The summed E-state index contributed by atoms with van der Waals surface area (Å²) in [5, 5.41) is 11.1. The third-order valence-corrected chi connectivity index (χ3v) is 5.37. The van der Waals surface area contributed by atoms with Crippen molar-refractivity contribution in [3.63, 3.8) is 0 Å². The quantitative estimate of drug-likeness (QED) is 0.722. The van der Waals surface area contributed by atoms with Crippen LogP contribution < -0.4 is 5.32 Å². The average molecular weight is 410 g/mol. The SMILES string of the molecule is O=C(O)COC1CN(C(=O)CNC(=O)OCC2c3ccccc3-c3ccccc32)C1. The molecule has 2 aromatic carbocycles. The van der Waals surface area contributed by atoms with Gasteiger partial charge < -0.3 is 24.8 Å². The molecular weight excluding hydrogens is 388 g/mol. The molecule has 2 aromatic rings. The summed E-state index contributed by atoms with van der Waals surface area (Å²) in [7, 11) is 0. The number of hydrogen-bond donors (Lipinski definition) is 2. The van der Waals surface area contributed by atoms with Gasteiger partial charge >= 0.3 is 12.1 Å². The van der Waals surface area contributed by atoms with Crippen molar-refractivity contribution >= 4 is 18.0 Å². The van der Waals surface area contributed by atoms with E-state index in [0.717, 1.165) is 22.3 Å². The van der Waals surface area contributed by atoms with Crippen LogP contribution in [-0.4, -0.2) is 66.9 Å². The Morgan fingerprint density at radius 1 is 1.00 bits per heavy atom. The molecule has 30 heavy (non-hydrogen) atoms. The van der Waals surface area contributed by atoms with E-state index < -0.39 is 12.1 Å². The number of amides is 2. The monoisotopic (exact) mass is 410 g/mol. The maximum Gasteiger partial charge on any atom is 0.407 e. The zero-order valence-corrected chi connectivity index (χ0v) is 16.2. The maximum absolute atomic E-state index is 12.1. The highest BCUT2D eigenvalue weighted by molar-refractivity contribution is 5.83. The second-order valence-corrected chi connectivity index (χ2v) is 7.30. The van der Waals surface area contributed by atoms with Crippen LogP contribution in [0.3, 0.4) is 0 Å². The summed E-state index contributed by atoms with van der Waals surface area (Å²) >= 11 is 0. The first-order valence-electron chi connectivity index (χ1n) is 9.73. The third-order valence-electron chi connectivity index (χ3n) is 5.37. The van der Waals surface area contributed by atoms with Crippen LogP contribution in [0.15, 0.2) is 48.5 Å². The molecule has 8 heteroatoms. The van der Waals surface area contributed by atoms with E-state index in [0.29, 0.717) is 13.1 Å². The fourth-order valence-corrected chi connectivity index (χ4v) is 3.85. The predicted octanol–water partition coefficient (Wildman–Crippen LogP) is 1.84. The largest absolute Gasteiger partial charge is 0.480 e. The first-order valence-corrected chi connectivity index (χ1v) is 9.73. The van der Waals surface area contributed by atoms with Crippen molar-refractivity contribution < 1.29 is 29.0 Å². The van der Waals surface area contributed by atoms with Crippen LogP contribution in [0.1, 0.15) is 17.0 Å². The summed E-state index contributed by atoms with van der Waals surface area (Å²) in [5.74, 6) is -1.35. The number of carbonyl (C=O) groups excluding carboxylic acids is 2. The molecule has 0 radical (unpaired) electrons. The van der Waals surface area contributed by atoms with E-state index >= 15 is 0 Å². The summed E-state index contributed by atoms with van der Waals surface area (Å²) in [6.07, 6.45) is -0.927. The number of nitrogens with one attached hydrogen (secondary N) is 1. The third kappa shape index (κ3) is 4.13. The summed E-state index contributed by atoms with van der Waals surface area (Å²) in [6.45, 7) is 0.257. The molecule has 0 unspecified atom stereocenters. The topological polar surface area (TPSA) is 105 Å². The van der Waals surface area contributed by atoms with Gasteiger partial charge in [-0.25, -0.2) is 9.59 Å². The minimum Gasteiger partial charge on any atom is -0.480 e. The Labute approximate surface area is 173 Å². The first kappa shape index (κ1) is 19.9. The maximum atomic E-state index is 12.1. The molecule has 0 atom stereocenters. The Morgan fingerprint density at radius 3 is 2.20 bits per heavy atom. The summed E-state index contributed by atoms with van der Waals surface area (Å²) in [6, 6.07) is 16.1. The van der Waals surface area contributed by atoms with Gasteiger partial charge in [0.05, 0.1) is 6.10 Å². The molecule has 8 nitrogen and oxygen atoms in total. The Bertz CT molecular complexity index is 924. The molecule has 1 fully saturated rings. The number of likely N-dealkylation sites (tertiary alicyclic amines) is 1. The number of fused-ring (bicyclic) bond motifs is 3. The molecule has 0 bridgehead atoms. The lowest BCUT2D eigenvalue weighted by Gasteiger charge is -2.38. The predicted molar refractivity (Wildman–Crippen MR) is 107 cm³/mol. The molecule has 1 heterocycles. The van der Waals surface area contributed by atoms with Crippen LogP contribution in [0.5, 0.6) is 0 Å². The van der Waals surface area contributed by atoms with Crippen molar-refractivity contribution in [1.82, 2.24) is 10.2 Å². The molecule has 4 rings (SSSR count). The molecule has 1 aliphatic carbocycles. The van der Waals surface area contributed by atoms with Crippen LogP contribution in [-0.2, 0) is 19.1 Å². The lowest BCUT2D eigenvalue weighted by Crippen LogP contribution is -2.57. The summed E-state index contributed by atoms with van der Waals surface area (Å²) in [4.78, 5) is 36.1. The van der Waals surface area contributed by atoms with Gasteiger partial charge in [-0.2, -0.15) is 0 Å². The minimum absolute atomic E-state index is 0.0404. The number of hydrogen-bond acceptors (Lipinski definition) is 5. The molecule has 2 aliphatic rings. The zero-order chi connectivity index (χ0) is 21.1. The van der Waals surface area contributed by atoms with Crippen LogP contribution >= 0.6 is 0 Å². The number of carboxylic acid groups (broad SMARTS) is 1. The Hall–Kier alpha value is -3.39. The Balaban J connectivity index is 1.24. The number of ether oxygens (including phenoxy) is 2. The standard InChI is InChI=1S/C22H22N2O6/c25-20(24-10-14(11-24)29-13-21(26)27)9-23-22(28)30-12-19-17-7-3-1-5-15(17)16-6-2-4-8-18(16)19/h1-8,14,19H,9-13H2,(H,23,28)(H,26,27). The molecule has 156 valence electrons. The number of aliphatic carboxylic acids is 1. The van der Waals surface area contributed by atoms with Crippen molar-refractivity contribution in [1.29, 1.82) is 0 Å². The van der Waals surface area contributed by atoms with Crippen molar-refractivity contribution in [2.75, 3.05) is 32.8 Å². The van der Waals surface area contributed by atoms with E-state index in [1.54, 1.807) is 0 Å². The lowest BCUT2D eigenvalue weighted by atomic mass is 9.98. The number of carboxylic acids is 1. The van der Waals surface area contributed by atoms with E-state index in [-0.39, 0.29) is 37.7 Å². The van der Waals surface area contributed by atoms with Crippen LogP contribution in [0.2, 0.25) is 0 Å². The van der Waals surface area contributed by atoms with Crippen molar-refractivity contribution in [3.05, 3.63) is 59.7 Å². The molecular formula is C22H22N2O6. The summed E-state index contributed by atoms with van der Waals surface area (Å²) < 4.78 is 10.5. The second kappa shape index (κ2) is 8.54. The lowest BCUT2D eigenvalue weighted by molar-refractivity contribution is -0.153. The minimum atomic E-state index is -1.04. The van der Waals surface area contributed by atoms with Gasteiger partial charge in [-0.1, -0.05) is 48.5 Å². The van der Waals surface area contributed by atoms with Gasteiger partial charge in [0.2, 0.25) is 5.91 Å². The van der Waals surface area contributed by atoms with Gasteiger partial charge in [0.1, 0.15) is 19.8 Å². The average Bonchev–Trinajstić information content (AvgIpc) is 3.03. The highest BCUT2D eigenvalue weighted by Crippen LogP contribution is 2.44. The number of benzene rings is 2. The summed E-state index contributed by atoms with van der Waals surface area (Å²) in [5.41, 5.74) is 4.54. The van der Waals surface area contributed by atoms with Gasteiger partial charge in [0.25, 0.3) is 0 Å². The van der Waals surface area contributed by atoms with Crippen LogP contribution in [0.25, 0.3) is 11.1 Å². The smallest absolute Gasteiger partial charge is 0.407 e. The van der Waals surface area contributed by atoms with Crippen molar-refractivity contribution in [2.45, 2.75) is 12.0 Å². The Kier molecular flexibility index (Phi) is 5.67. The molecule has 0 aromatic heterocycles. The van der Waals surface area contributed by atoms with Crippen molar-refractivity contribution in [2.24, 2.45) is 0 Å². The molecule has 2 amide bonds. The van der Waals surface area contributed by atoms with Gasteiger partial charge in [0.15, 0.2) is 0 Å². The normalized spacial score (nSPS) is 15.1. The van der Waals surface area contributed by atoms with E-state index in [1.807, 2.05) is 36.4 Å². The van der Waals surface area contributed by atoms with E-state index in [9.17, 15) is 14.4 Å². The van der Waals surface area contributed by atoms with E-state index in [4.69, 9.17) is 14.6 Å². The van der Waals surface area contributed by atoms with Crippen LogP contribution in [0, 0.1) is 0 Å². The van der Waals surface area contributed by atoms with Gasteiger partial charge in [0, 0.05) is 19.0 Å². The van der Waals surface area contributed by atoms with E-state index in [2.05, 4.69) is 17.4 Å². The molecule has 1 aliphatic heterocycles. The molecule has 1 saturated heterocycles. The van der Waals surface area contributed by atoms with Gasteiger partial charge in [-0.05, 0) is 22.3 Å². The number of alkyl carbamates (subject to hydrolysis) is 1. The Morgan fingerprint density at radius 2 is 1.60 bits per heavy atom. The highest BCUT2D eigenvalue weighted by atomic mass is 16.5. The molecule has 0 spiro atoms. The number of nitrogens with zero attached hydrogens (tertiary/aromatic N) is 1. The van der Waals surface area contributed by atoms with Gasteiger partial charge in [-0.15, -0.1) is 0 Å². The van der Waals surface area contributed by atoms with Gasteiger partial charge in [-0.3, -0.25) is 4.79 Å². The van der Waals surface area contributed by atoms with Crippen LogP contribution in [0.4, 0.5) is 4.79 Å². The molecule has 2 N–H and O–H groups in total. The second-order valence-electron chi connectivity index (χ2n) is 7.30. The first-order chi connectivity index (χ1) is 14.5. The van der Waals surface area contributed by atoms with Crippen molar-refractivity contribution in [3.8, 4) is 11.1 Å². The number of rotatable bonds is 7. The highest BCUT2D eigenvalue weighted by Gasteiger charge is 2.32. The molecule has 0 saturated carbocycles. The fraction of sp³-hybridized carbons (Fsp3) is 0.318. The van der Waals surface area contributed by atoms with E-state index in [1.165, 1.54) is 4.90 Å².